The van der Waals surface area contributed by atoms with Crippen molar-refractivity contribution >= 4 is 121 Å². The quantitative estimate of drug-likeness (QED) is 0.142. The van der Waals surface area contributed by atoms with Crippen LogP contribution in [0.1, 0.15) is 0 Å². The Kier molecular flexibility index (Phi) is 9.54. The zero-order valence-electron chi connectivity index (χ0n) is 40.1. The molecule has 0 radical (unpaired) electrons. The van der Waals surface area contributed by atoms with Gasteiger partial charge in [0.05, 0.1) is 22.1 Å². The third kappa shape index (κ3) is 6.55. The van der Waals surface area contributed by atoms with E-state index >= 15 is 0 Å². The van der Waals surface area contributed by atoms with Gasteiger partial charge in [-0.25, -0.2) is 0 Å². The summed E-state index contributed by atoms with van der Waals surface area (Å²) in [5, 5.41) is 13.7. The van der Waals surface area contributed by atoms with Crippen molar-refractivity contribution in [3.8, 4) is 22.3 Å². The Labute approximate surface area is 426 Å². The molecule has 2 heterocycles. The molecule has 15 rings (SSSR count). The highest BCUT2D eigenvalue weighted by Crippen LogP contribution is 2.52. The Morgan fingerprint density at radius 2 is 0.595 bits per heavy atom. The van der Waals surface area contributed by atoms with Gasteiger partial charge in [-0.2, -0.15) is 0 Å². The summed E-state index contributed by atoms with van der Waals surface area (Å²) in [5.74, 6) is 0. The van der Waals surface area contributed by atoms with Crippen molar-refractivity contribution in [2.24, 2.45) is 0 Å². The highest BCUT2D eigenvalue weighted by molar-refractivity contribution is 6.27. The van der Waals surface area contributed by atoms with E-state index in [4.69, 9.17) is 8.83 Å². The molecule has 0 aliphatic carbocycles. The zero-order chi connectivity index (χ0) is 48.7. The maximum Gasteiger partial charge on any atom is 0.137 e. The van der Waals surface area contributed by atoms with Crippen LogP contribution in [-0.4, -0.2) is 0 Å². The van der Waals surface area contributed by atoms with Crippen LogP contribution >= 0.6 is 0 Å². The number of anilines is 6. The second-order valence-corrected chi connectivity index (χ2v) is 19.1. The van der Waals surface area contributed by atoms with Gasteiger partial charge in [-0.3, -0.25) is 0 Å². The van der Waals surface area contributed by atoms with Gasteiger partial charge in [-0.15, -0.1) is 0 Å². The third-order valence-electron chi connectivity index (χ3n) is 15.0. The van der Waals surface area contributed by atoms with Crippen LogP contribution in [0, 0.1) is 0 Å². The lowest BCUT2D eigenvalue weighted by Crippen LogP contribution is -2.11. The molecular weight excluding hydrogens is 901 g/mol. The van der Waals surface area contributed by atoms with Gasteiger partial charge in [0.1, 0.15) is 22.3 Å². The van der Waals surface area contributed by atoms with Gasteiger partial charge in [0.15, 0.2) is 0 Å². The fraction of sp³-hybridized carbons (Fsp3) is 0. The van der Waals surface area contributed by atoms with Gasteiger partial charge in [0, 0.05) is 33.5 Å². The SMILES string of the molecule is c1ccc(N(c2ccc3c(-c4cccc5ccccc45)c4cc(N(c5ccccc5)c5cccc6oc7ccccc7c56)ccc4c(-c4cccc5ccccc45)c3c2)c2cccc3oc4ccccc4c23)cc1. The van der Waals surface area contributed by atoms with Crippen LogP contribution in [0.3, 0.4) is 0 Å². The number of furan rings is 2. The average Bonchev–Trinajstić information content (AvgIpc) is 4.06. The highest BCUT2D eigenvalue weighted by Gasteiger charge is 2.26. The summed E-state index contributed by atoms with van der Waals surface area (Å²) in [6.45, 7) is 0. The van der Waals surface area contributed by atoms with Crippen molar-refractivity contribution in [1.29, 1.82) is 0 Å². The normalized spacial score (nSPS) is 11.8. The predicted molar refractivity (Wildman–Crippen MR) is 311 cm³/mol. The second kappa shape index (κ2) is 16.9. The van der Waals surface area contributed by atoms with E-state index in [1.54, 1.807) is 0 Å². The van der Waals surface area contributed by atoms with E-state index in [-0.39, 0.29) is 0 Å². The van der Waals surface area contributed by atoms with Crippen LogP contribution in [0.2, 0.25) is 0 Å². The minimum atomic E-state index is 0.851. The van der Waals surface area contributed by atoms with Gasteiger partial charge >= 0.3 is 0 Å². The summed E-state index contributed by atoms with van der Waals surface area (Å²) in [6, 6.07) is 96.3. The lowest BCUT2D eigenvalue weighted by molar-refractivity contribution is 0.668. The smallest absolute Gasteiger partial charge is 0.137 e. The monoisotopic (exact) mass is 944 g/mol. The molecule has 0 fully saturated rings. The largest absolute Gasteiger partial charge is 0.456 e. The summed E-state index contributed by atoms with van der Waals surface area (Å²) >= 11 is 0. The summed E-state index contributed by atoms with van der Waals surface area (Å²) in [4.78, 5) is 4.80. The summed E-state index contributed by atoms with van der Waals surface area (Å²) < 4.78 is 13.1. The number of hydrogen-bond acceptors (Lipinski definition) is 4. The molecule has 2 aromatic heterocycles. The number of rotatable bonds is 8. The Bertz CT molecular complexity index is 4380. The Morgan fingerprint density at radius 1 is 0.230 bits per heavy atom. The molecule has 346 valence electrons. The minimum Gasteiger partial charge on any atom is -0.456 e. The fourth-order valence-electron chi connectivity index (χ4n) is 11.8. The van der Waals surface area contributed by atoms with Crippen LogP contribution in [-0.2, 0) is 0 Å². The average molecular weight is 945 g/mol. The van der Waals surface area contributed by atoms with E-state index in [2.05, 4.69) is 265 Å². The fourth-order valence-corrected chi connectivity index (χ4v) is 11.8. The highest BCUT2D eigenvalue weighted by atomic mass is 16.3. The maximum absolute atomic E-state index is 6.53. The van der Waals surface area contributed by atoms with Crippen molar-refractivity contribution in [2.45, 2.75) is 0 Å². The lowest BCUT2D eigenvalue weighted by Gasteiger charge is -2.29. The van der Waals surface area contributed by atoms with Crippen molar-refractivity contribution < 1.29 is 8.83 Å². The molecule has 0 saturated carbocycles. The molecule has 0 amide bonds. The maximum atomic E-state index is 6.53. The first kappa shape index (κ1) is 41.8. The van der Waals surface area contributed by atoms with Crippen LogP contribution in [0.25, 0.3) is 109 Å². The Balaban J connectivity index is 1.09. The number of nitrogens with zero attached hydrogens (tertiary/aromatic N) is 2. The molecule has 0 N–H and O–H groups in total. The molecule has 15 aromatic rings. The van der Waals surface area contributed by atoms with E-state index in [0.29, 0.717) is 0 Å². The topological polar surface area (TPSA) is 32.8 Å². The number of benzene rings is 13. The van der Waals surface area contributed by atoms with E-state index in [9.17, 15) is 0 Å². The van der Waals surface area contributed by atoms with Gasteiger partial charge in [0.2, 0.25) is 0 Å². The van der Waals surface area contributed by atoms with Gasteiger partial charge in [-0.1, -0.05) is 182 Å². The lowest BCUT2D eigenvalue weighted by atomic mass is 9.83. The van der Waals surface area contributed by atoms with Crippen LogP contribution < -0.4 is 9.80 Å². The number of fused-ring (bicyclic) bond motifs is 10. The van der Waals surface area contributed by atoms with Gasteiger partial charge in [-0.05, 0) is 150 Å². The zero-order valence-corrected chi connectivity index (χ0v) is 40.1. The van der Waals surface area contributed by atoms with Crippen LogP contribution in [0.4, 0.5) is 34.1 Å². The molecular formula is C70H44N2O2. The van der Waals surface area contributed by atoms with E-state index in [0.717, 1.165) is 99.5 Å². The third-order valence-corrected chi connectivity index (χ3v) is 15.0. The van der Waals surface area contributed by atoms with Crippen molar-refractivity contribution in [2.75, 3.05) is 9.80 Å². The summed E-state index contributed by atoms with van der Waals surface area (Å²) in [7, 11) is 0. The van der Waals surface area contributed by atoms with Crippen LogP contribution in [0.5, 0.6) is 0 Å². The minimum absolute atomic E-state index is 0.851. The van der Waals surface area contributed by atoms with Crippen molar-refractivity contribution in [3.05, 3.63) is 267 Å². The molecule has 0 bridgehead atoms. The molecule has 0 unspecified atom stereocenters. The van der Waals surface area contributed by atoms with Crippen LogP contribution in [0.15, 0.2) is 276 Å². The van der Waals surface area contributed by atoms with E-state index in [1.165, 1.54) is 43.8 Å². The molecule has 0 spiro atoms. The molecule has 0 aliphatic rings. The standard InChI is InChI=1S/C70H44N2O2/c1-3-23-47(24-4-1)71(61-33-17-37-65-69(61)57-29-11-13-35-63(57)73-65)49-39-41-55-59(43-49)67(53-31-15-21-45-19-7-9-27-51(45)53)56-42-40-50(44-60(56)68(55)54-32-16-22-46-20-8-10-28-52(46)54)72(48-25-5-2-6-26-48)62-34-18-38-66-70(62)58-30-12-14-36-64(58)74-66/h1-44H. The number of para-hydroxylation sites is 4. The first-order chi connectivity index (χ1) is 36.7. The first-order valence-corrected chi connectivity index (χ1v) is 25.2. The van der Waals surface area contributed by atoms with Crippen molar-refractivity contribution in [1.82, 2.24) is 0 Å². The van der Waals surface area contributed by atoms with Gasteiger partial charge < -0.3 is 18.6 Å². The molecule has 13 aromatic carbocycles. The number of hydrogen-bond donors (Lipinski definition) is 0. The summed E-state index contributed by atoms with van der Waals surface area (Å²) in [6.07, 6.45) is 0. The molecule has 0 saturated heterocycles. The molecule has 74 heavy (non-hydrogen) atoms. The van der Waals surface area contributed by atoms with E-state index < -0.39 is 0 Å². The van der Waals surface area contributed by atoms with E-state index in [1.807, 2.05) is 12.1 Å². The second-order valence-electron chi connectivity index (χ2n) is 19.1. The molecule has 4 heteroatoms. The van der Waals surface area contributed by atoms with Gasteiger partial charge in [0.25, 0.3) is 0 Å². The van der Waals surface area contributed by atoms with Crippen molar-refractivity contribution in [3.63, 3.8) is 0 Å². The Morgan fingerprint density at radius 3 is 1.05 bits per heavy atom. The molecule has 0 atom stereocenters. The molecule has 0 aliphatic heterocycles. The summed E-state index contributed by atoms with van der Waals surface area (Å²) in [5.41, 5.74) is 14.4. The molecule has 4 nitrogen and oxygen atoms in total. The Hall–Kier alpha value is -9.90. The first-order valence-electron chi connectivity index (χ1n) is 25.2. The predicted octanol–water partition coefficient (Wildman–Crippen LogP) is 20.4.